The molecule has 2 aromatic rings. The number of thiazole rings is 1. The summed E-state index contributed by atoms with van der Waals surface area (Å²) in [6.45, 7) is 5.81. The largest absolute Gasteiger partial charge is 0.302 e. The van der Waals surface area contributed by atoms with Crippen molar-refractivity contribution in [3.8, 4) is 10.6 Å². The van der Waals surface area contributed by atoms with Gasteiger partial charge in [-0.05, 0) is 50.9 Å². The molecule has 2 aliphatic heterocycles. The third kappa shape index (κ3) is 1.98. The second-order valence-electron chi connectivity index (χ2n) is 6.09. The molecule has 2 aromatic heterocycles. The van der Waals surface area contributed by atoms with Crippen LogP contribution in [-0.2, 0) is 5.41 Å². The molecule has 4 heterocycles. The molecule has 20 heavy (non-hydrogen) atoms. The summed E-state index contributed by atoms with van der Waals surface area (Å²) >= 11 is 1.71. The van der Waals surface area contributed by atoms with E-state index in [9.17, 15) is 0 Å². The Morgan fingerprint density at radius 3 is 2.85 bits per heavy atom. The lowest BCUT2D eigenvalue weighted by atomic mass is 9.75. The van der Waals surface area contributed by atoms with E-state index in [1.54, 1.807) is 11.3 Å². The van der Waals surface area contributed by atoms with Crippen LogP contribution in [0, 0.1) is 6.92 Å². The monoisotopic (exact) mass is 285 g/mol. The molecular weight excluding hydrogens is 266 g/mol. The zero-order valence-corrected chi connectivity index (χ0v) is 12.6. The number of aryl methyl sites for hydroxylation is 1. The summed E-state index contributed by atoms with van der Waals surface area (Å²) in [5.41, 5.74) is 2.87. The Hall–Kier alpha value is -1.26. The first-order valence-electron chi connectivity index (χ1n) is 7.37. The second-order valence-corrected chi connectivity index (χ2v) is 7.32. The van der Waals surface area contributed by atoms with Crippen LogP contribution in [0.5, 0.6) is 0 Å². The van der Waals surface area contributed by atoms with Crippen molar-refractivity contribution in [1.82, 2.24) is 14.9 Å². The average molecular weight is 285 g/mol. The molecule has 0 aromatic carbocycles. The van der Waals surface area contributed by atoms with E-state index in [1.165, 1.54) is 49.3 Å². The van der Waals surface area contributed by atoms with Crippen LogP contribution in [0.3, 0.4) is 0 Å². The highest BCUT2D eigenvalue weighted by Gasteiger charge is 2.42. The van der Waals surface area contributed by atoms with Crippen LogP contribution in [0.1, 0.15) is 29.8 Å². The van der Waals surface area contributed by atoms with Gasteiger partial charge in [-0.3, -0.25) is 4.98 Å². The minimum Gasteiger partial charge on any atom is -0.302 e. The zero-order valence-electron chi connectivity index (χ0n) is 11.8. The van der Waals surface area contributed by atoms with Crippen LogP contribution in [0.25, 0.3) is 10.6 Å². The average Bonchev–Trinajstić information content (AvgIpc) is 3.04. The molecule has 2 bridgehead atoms. The fraction of sp³-hybridized carbons (Fsp3) is 0.500. The minimum atomic E-state index is 0.382. The molecule has 0 radical (unpaired) electrons. The van der Waals surface area contributed by atoms with Gasteiger partial charge in [0.15, 0.2) is 0 Å². The molecule has 3 nitrogen and oxygen atoms in total. The molecule has 0 amide bonds. The Balaban J connectivity index is 1.64. The highest BCUT2D eigenvalue weighted by Crippen LogP contribution is 2.42. The quantitative estimate of drug-likeness (QED) is 0.848. The normalized spacial score (nSPS) is 28.8. The predicted molar refractivity (Wildman–Crippen MR) is 82.1 cm³/mol. The molecule has 4 rings (SSSR count). The van der Waals surface area contributed by atoms with Crippen molar-refractivity contribution in [1.29, 1.82) is 0 Å². The van der Waals surface area contributed by atoms with Crippen LogP contribution < -0.4 is 0 Å². The first-order chi connectivity index (χ1) is 9.75. The lowest BCUT2D eigenvalue weighted by molar-refractivity contribution is 0.243. The summed E-state index contributed by atoms with van der Waals surface area (Å²) in [6.07, 6.45) is 7.99. The van der Waals surface area contributed by atoms with Crippen molar-refractivity contribution < 1.29 is 0 Å². The van der Waals surface area contributed by atoms with Crippen molar-refractivity contribution in [2.24, 2.45) is 0 Å². The minimum absolute atomic E-state index is 0.382. The molecule has 2 aliphatic rings. The second kappa shape index (κ2) is 4.64. The van der Waals surface area contributed by atoms with Crippen LogP contribution >= 0.6 is 11.3 Å². The van der Waals surface area contributed by atoms with Crippen LogP contribution in [0.2, 0.25) is 0 Å². The van der Waals surface area contributed by atoms with Gasteiger partial charge < -0.3 is 4.90 Å². The van der Waals surface area contributed by atoms with Gasteiger partial charge in [0.2, 0.25) is 0 Å². The Morgan fingerprint density at radius 2 is 2.10 bits per heavy atom. The van der Waals surface area contributed by atoms with Gasteiger partial charge in [-0.2, -0.15) is 0 Å². The van der Waals surface area contributed by atoms with E-state index in [0.29, 0.717) is 5.41 Å². The number of rotatable bonds is 2. The molecule has 2 unspecified atom stereocenters. The van der Waals surface area contributed by atoms with Crippen molar-refractivity contribution in [2.75, 3.05) is 19.6 Å². The Kier molecular flexibility index (Phi) is 2.89. The molecule has 0 N–H and O–H groups in total. The maximum atomic E-state index is 4.70. The summed E-state index contributed by atoms with van der Waals surface area (Å²) in [4.78, 5) is 12.8. The van der Waals surface area contributed by atoms with Gasteiger partial charge >= 0.3 is 0 Å². The first-order valence-corrected chi connectivity index (χ1v) is 8.19. The summed E-state index contributed by atoms with van der Waals surface area (Å²) < 4.78 is 0. The van der Waals surface area contributed by atoms with E-state index in [1.807, 2.05) is 13.1 Å². The number of piperidine rings is 1. The molecule has 2 saturated heterocycles. The topological polar surface area (TPSA) is 29.0 Å². The number of fused-ring (bicyclic) bond motifs is 2. The van der Waals surface area contributed by atoms with Crippen LogP contribution in [0.15, 0.2) is 24.5 Å². The lowest BCUT2D eigenvalue weighted by Crippen LogP contribution is -2.36. The van der Waals surface area contributed by atoms with E-state index in [0.717, 1.165) is 10.7 Å². The standard InChI is InChI=1S/C16H19N3S/c1-12-17-10-15(20-12)14-4-3-13(9-18-14)16-5-2-7-19(11-16)8-6-16/h3-4,9-10H,2,5-8,11H2,1H3. The fourth-order valence-electron chi connectivity index (χ4n) is 3.71. The molecule has 0 aliphatic carbocycles. The Morgan fingerprint density at radius 1 is 1.15 bits per heavy atom. The highest BCUT2D eigenvalue weighted by atomic mass is 32.1. The lowest BCUT2D eigenvalue weighted by Gasteiger charge is -2.34. The van der Waals surface area contributed by atoms with Crippen molar-refractivity contribution >= 4 is 11.3 Å². The summed E-state index contributed by atoms with van der Waals surface area (Å²) in [7, 11) is 0. The SMILES string of the molecule is Cc1ncc(-c2ccc(C34CCCN(CC3)C4)cn2)s1. The van der Waals surface area contributed by atoms with E-state index in [-0.39, 0.29) is 0 Å². The molecule has 104 valence electrons. The van der Waals surface area contributed by atoms with Gasteiger partial charge in [-0.1, -0.05) is 6.07 Å². The van der Waals surface area contributed by atoms with E-state index in [4.69, 9.17) is 4.98 Å². The summed E-state index contributed by atoms with van der Waals surface area (Å²) in [5, 5.41) is 1.10. The third-order valence-electron chi connectivity index (χ3n) is 4.81. The van der Waals surface area contributed by atoms with Gasteiger partial charge in [0.05, 0.1) is 15.6 Å². The molecule has 2 fully saturated rings. The van der Waals surface area contributed by atoms with Crippen molar-refractivity contribution in [2.45, 2.75) is 31.6 Å². The van der Waals surface area contributed by atoms with E-state index in [2.05, 4.69) is 28.2 Å². The first kappa shape index (κ1) is 12.5. The maximum Gasteiger partial charge on any atom is 0.0901 e. The van der Waals surface area contributed by atoms with Gasteiger partial charge in [0.1, 0.15) is 0 Å². The van der Waals surface area contributed by atoms with Gasteiger partial charge in [-0.25, -0.2) is 4.98 Å². The Labute approximate surface area is 123 Å². The molecule has 2 atom stereocenters. The number of pyridine rings is 1. The predicted octanol–water partition coefficient (Wildman–Crippen LogP) is 3.25. The van der Waals surface area contributed by atoms with Crippen molar-refractivity contribution in [3.05, 3.63) is 35.1 Å². The van der Waals surface area contributed by atoms with Gasteiger partial charge in [0, 0.05) is 24.4 Å². The van der Waals surface area contributed by atoms with Crippen molar-refractivity contribution in [3.63, 3.8) is 0 Å². The van der Waals surface area contributed by atoms with Crippen LogP contribution in [-0.4, -0.2) is 34.5 Å². The highest BCUT2D eigenvalue weighted by molar-refractivity contribution is 7.15. The molecule has 0 spiro atoms. The smallest absolute Gasteiger partial charge is 0.0901 e. The molecule has 4 heteroatoms. The Bertz CT molecular complexity index is 615. The molecular formula is C16H19N3S. The maximum absolute atomic E-state index is 4.70. The zero-order chi connectivity index (χ0) is 13.6. The number of aromatic nitrogens is 2. The van der Waals surface area contributed by atoms with E-state index < -0.39 is 0 Å². The third-order valence-corrected chi connectivity index (χ3v) is 5.75. The fourth-order valence-corrected chi connectivity index (χ4v) is 4.46. The number of hydrogen-bond donors (Lipinski definition) is 0. The van der Waals surface area contributed by atoms with Gasteiger partial charge in [0.25, 0.3) is 0 Å². The summed E-state index contributed by atoms with van der Waals surface area (Å²) in [6, 6.07) is 4.47. The molecule has 0 saturated carbocycles. The van der Waals surface area contributed by atoms with E-state index >= 15 is 0 Å². The summed E-state index contributed by atoms with van der Waals surface area (Å²) in [5.74, 6) is 0. The number of hydrogen-bond acceptors (Lipinski definition) is 4. The number of nitrogens with zero attached hydrogens (tertiary/aromatic N) is 3. The van der Waals surface area contributed by atoms with Gasteiger partial charge in [-0.15, -0.1) is 11.3 Å². The van der Waals surface area contributed by atoms with Crippen LogP contribution in [0.4, 0.5) is 0 Å².